The molecule has 2 aliphatic rings. The lowest BCUT2D eigenvalue weighted by molar-refractivity contribution is -0.125. The number of imidazole rings is 1. The maximum Gasteiger partial charge on any atom is 0.324 e. The van der Waals surface area contributed by atoms with Crippen molar-refractivity contribution in [3.63, 3.8) is 0 Å². The largest absolute Gasteiger partial charge is 0.334 e. The van der Waals surface area contributed by atoms with Crippen LogP contribution in [0.3, 0.4) is 0 Å². The third-order valence-corrected chi connectivity index (χ3v) is 4.55. The Kier molecular flexibility index (Phi) is 4.92. The first-order chi connectivity index (χ1) is 11.2. The Balaban J connectivity index is 1.42. The summed E-state index contributed by atoms with van der Waals surface area (Å²) in [6.45, 7) is 9.18. The summed E-state index contributed by atoms with van der Waals surface area (Å²) in [5, 5.41) is 2.55. The van der Waals surface area contributed by atoms with Crippen molar-refractivity contribution >= 4 is 11.9 Å². The molecule has 23 heavy (non-hydrogen) atoms. The predicted octanol–water partition coefficient (Wildman–Crippen LogP) is -0.428. The number of imide groups is 1. The fraction of sp³-hybridized carbons (Fsp3) is 0.667. The van der Waals surface area contributed by atoms with Crippen LogP contribution in [0.25, 0.3) is 0 Å². The lowest BCUT2D eigenvalue weighted by Crippen LogP contribution is -2.48. The molecule has 0 aromatic carbocycles. The van der Waals surface area contributed by atoms with E-state index in [0.29, 0.717) is 6.54 Å². The number of carbonyl (C=O) groups excluding carboxylic acids is 2. The molecule has 126 valence electrons. The SMILES string of the molecule is CCn1ccnc1CN1CCN(CCN2C(=O)CNC2=O)CC1. The summed E-state index contributed by atoms with van der Waals surface area (Å²) in [4.78, 5) is 33.5. The van der Waals surface area contributed by atoms with Gasteiger partial charge in [0, 0.05) is 58.2 Å². The van der Waals surface area contributed by atoms with E-state index in [-0.39, 0.29) is 18.5 Å². The zero-order valence-corrected chi connectivity index (χ0v) is 13.6. The van der Waals surface area contributed by atoms with Gasteiger partial charge in [0.05, 0.1) is 13.1 Å². The Morgan fingerprint density at radius 3 is 2.52 bits per heavy atom. The quantitative estimate of drug-likeness (QED) is 0.720. The van der Waals surface area contributed by atoms with Crippen molar-refractivity contribution in [2.75, 3.05) is 45.8 Å². The minimum Gasteiger partial charge on any atom is -0.334 e. The van der Waals surface area contributed by atoms with Gasteiger partial charge < -0.3 is 9.88 Å². The summed E-state index contributed by atoms with van der Waals surface area (Å²) in [7, 11) is 0. The highest BCUT2D eigenvalue weighted by molar-refractivity contribution is 6.01. The molecule has 3 rings (SSSR count). The van der Waals surface area contributed by atoms with Gasteiger partial charge >= 0.3 is 6.03 Å². The highest BCUT2D eigenvalue weighted by Crippen LogP contribution is 2.08. The summed E-state index contributed by atoms with van der Waals surface area (Å²) in [6.07, 6.45) is 3.87. The number of hydrogen-bond acceptors (Lipinski definition) is 5. The first-order valence-electron chi connectivity index (χ1n) is 8.20. The van der Waals surface area contributed by atoms with Crippen LogP contribution in [-0.2, 0) is 17.9 Å². The lowest BCUT2D eigenvalue weighted by Gasteiger charge is -2.34. The second-order valence-electron chi connectivity index (χ2n) is 5.95. The van der Waals surface area contributed by atoms with Crippen LogP contribution in [-0.4, -0.2) is 82.0 Å². The van der Waals surface area contributed by atoms with Gasteiger partial charge in [-0.3, -0.25) is 19.5 Å². The number of piperazine rings is 1. The topological polar surface area (TPSA) is 73.7 Å². The van der Waals surface area contributed by atoms with Crippen LogP contribution >= 0.6 is 0 Å². The van der Waals surface area contributed by atoms with Crippen LogP contribution in [0, 0.1) is 0 Å². The summed E-state index contributed by atoms with van der Waals surface area (Å²) >= 11 is 0. The third kappa shape index (κ3) is 3.70. The molecule has 2 saturated heterocycles. The van der Waals surface area contributed by atoms with E-state index < -0.39 is 0 Å². The first kappa shape index (κ1) is 15.9. The Hall–Kier alpha value is -1.93. The summed E-state index contributed by atoms with van der Waals surface area (Å²) in [5.41, 5.74) is 0. The van der Waals surface area contributed by atoms with Gasteiger partial charge in [0.25, 0.3) is 0 Å². The molecule has 3 heterocycles. The number of rotatable bonds is 6. The Bertz CT molecular complexity index is 548. The third-order valence-electron chi connectivity index (χ3n) is 4.55. The zero-order valence-electron chi connectivity index (χ0n) is 13.6. The van der Waals surface area contributed by atoms with Crippen molar-refractivity contribution in [2.24, 2.45) is 0 Å². The number of nitrogens with one attached hydrogen (secondary N) is 1. The van der Waals surface area contributed by atoms with Crippen molar-refractivity contribution < 1.29 is 9.59 Å². The standard InChI is InChI=1S/C15H24N6O2/c1-2-20-4-3-16-13(20)12-19-7-5-18(6-8-19)9-10-21-14(22)11-17-15(21)23/h3-4H,2,5-12H2,1H3,(H,17,23). The van der Waals surface area contributed by atoms with E-state index in [1.54, 1.807) is 0 Å². The molecule has 0 bridgehead atoms. The molecule has 1 aromatic rings. The second-order valence-corrected chi connectivity index (χ2v) is 5.95. The van der Waals surface area contributed by atoms with E-state index >= 15 is 0 Å². The van der Waals surface area contributed by atoms with E-state index in [0.717, 1.165) is 51.6 Å². The zero-order chi connectivity index (χ0) is 16.2. The van der Waals surface area contributed by atoms with Gasteiger partial charge in [-0.2, -0.15) is 0 Å². The summed E-state index contributed by atoms with van der Waals surface area (Å²) in [5.74, 6) is 0.986. The van der Waals surface area contributed by atoms with Gasteiger partial charge in [-0.1, -0.05) is 0 Å². The number of carbonyl (C=O) groups is 2. The second kappa shape index (κ2) is 7.10. The van der Waals surface area contributed by atoms with Gasteiger partial charge in [0.15, 0.2) is 0 Å². The van der Waals surface area contributed by atoms with Crippen molar-refractivity contribution in [2.45, 2.75) is 20.0 Å². The summed E-state index contributed by atoms with van der Waals surface area (Å²) in [6, 6.07) is -0.264. The molecule has 0 unspecified atom stereocenters. The van der Waals surface area contributed by atoms with Crippen LogP contribution in [0.5, 0.6) is 0 Å². The number of hydrogen-bond donors (Lipinski definition) is 1. The Morgan fingerprint density at radius 1 is 1.13 bits per heavy atom. The molecule has 3 amide bonds. The average Bonchev–Trinajstić information content (AvgIpc) is 3.14. The van der Waals surface area contributed by atoms with Crippen molar-refractivity contribution in [3.05, 3.63) is 18.2 Å². The fourth-order valence-electron chi connectivity index (χ4n) is 3.07. The molecular formula is C15H24N6O2. The molecule has 8 nitrogen and oxygen atoms in total. The highest BCUT2D eigenvalue weighted by Gasteiger charge is 2.28. The molecule has 0 atom stereocenters. The molecule has 1 N–H and O–H groups in total. The number of amides is 3. The van der Waals surface area contributed by atoms with Crippen molar-refractivity contribution in [3.8, 4) is 0 Å². The molecule has 2 aliphatic heterocycles. The lowest BCUT2D eigenvalue weighted by atomic mass is 10.3. The van der Waals surface area contributed by atoms with E-state index in [1.165, 1.54) is 4.90 Å². The molecule has 0 radical (unpaired) electrons. The molecule has 0 spiro atoms. The van der Waals surface area contributed by atoms with Gasteiger partial charge in [-0.15, -0.1) is 0 Å². The van der Waals surface area contributed by atoms with E-state index in [2.05, 4.69) is 31.6 Å². The predicted molar refractivity (Wildman–Crippen MR) is 84.7 cm³/mol. The maximum atomic E-state index is 11.6. The van der Waals surface area contributed by atoms with Crippen molar-refractivity contribution in [1.29, 1.82) is 0 Å². The molecule has 0 saturated carbocycles. The number of aromatic nitrogens is 2. The number of aryl methyl sites for hydroxylation is 1. The van der Waals surface area contributed by atoms with Crippen LogP contribution in [0.1, 0.15) is 12.7 Å². The molecule has 8 heteroatoms. The molecular weight excluding hydrogens is 296 g/mol. The Labute approximate surface area is 136 Å². The summed E-state index contributed by atoms with van der Waals surface area (Å²) < 4.78 is 2.17. The van der Waals surface area contributed by atoms with Gasteiger partial charge in [0.2, 0.25) is 5.91 Å². The van der Waals surface area contributed by atoms with Crippen LogP contribution in [0.2, 0.25) is 0 Å². The van der Waals surface area contributed by atoms with Gasteiger partial charge in [-0.25, -0.2) is 9.78 Å². The van der Waals surface area contributed by atoms with E-state index in [1.807, 2.05) is 12.4 Å². The maximum absolute atomic E-state index is 11.6. The monoisotopic (exact) mass is 320 g/mol. The fourth-order valence-corrected chi connectivity index (χ4v) is 3.07. The minimum atomic E-state index is -0.264. The van der Waals surface area contributed by atoms with Gasteiger partial charge in [0.1, 0.15) is 5.82 Å². The van der Waals surface area contributed by atoms with Crippen molar-refractivity contribution in [1.82, 2.24) is 29.6 Å². The number of urea groups is 1. The van der Waals surface area contributed by atoms with Crippen LogP contribution in [0.15, 0.2) is 12.4 Å². The highest BCUT2D eigenvalue weighted by atomic mass is 16.2. The number of nitrogens with zero attached hydrogens (tertiary/aromatic N) is 5. The first-order valence-corrected chi connectivity index (χ1v) is 8.20. The van der Waals surface area contributed by atoms with E-state index in [9.17, 15) is 9.59 Å². The van der Waals surface area contributed by atoms with Gasteiger partial charge in [-0.05, 0) is 6.92 Å². The molecule has 2 fully saturated rings. The Morgan fingerprint density at radius 2 is 1.87 bits per heavy atom. The molecule has 0 aliphatic carbocycles. The normalized spacial score (nSPS) is 20.3. The van der Waals surface area contributed by atoms with E-state index in [4.69, 9.17) is 0 Å². The average molecular weight is 320 g/mol. The van der Waals surface area contributed by atoms with Crippen LogP contribution < -0.4 is 5.32 Å². The smallest absolute Gasteiger partial charge is 0.324 e. The molecule has 1 aromatic heterocycles. The van der Waals surface area contributed by atoms with Crippen LogP contribution in [0.4, 0.5) is 4.79 Å². The minimum absolute atomic E-state index is 0.125.